The van der Waals surface area contributed by atoms with Gasteiger partial charge in [-0.15, -0.1) is 0 Å². The third-order valence-electron chi connectivity index (χ3n) is 1.66. The summed E-state index contributed by atoms with van der Waals surface area (Å²) < 4.78 is 6.31. The number of hydrogen-bond acceptors (Lipinski definition) is 3. The molecular formula is C9H14N2O2. The molecule has 0 fully saturated rings. The Bertz CT molecular complexity index is 281. The van der Waals surface area contributed by atoms with Crippen LogP contribution in [0.1, 0.15) is 26.1 Å². The zero-order chi connectivity index (χ0) is 9.68. The molecule has 0 saturated carbocycles. The molecule has 0 aromatic carbocycles. The SMILES string of the molecule is CCCc1nccn1C(=O)OCC. The summed E-state index contributed by atoms with van der Waals surface area (Å²) in [6, 6.07) is 0. The van der Waals surface area contributed by atoms with Gasteiger partial charge >= 0.3 is 6.09 Å². The molecule has 0 N–H and O–H groups in total. The van der Waals surface area contributed by atoms with Crippen LogP contribution < -0.4 is 0 Å². The van der Waals surface area contributed by atoms with Gasteiger partial charge in [-0.25, -0.2) is 14.3 Å². The number of rotatable bonds is 3. The topological polar surface area (TPSA) is 44.1 Å². The predicted octanol–water partition coefficient (Wildman–Crippen LogP) is 1.84. The van der Waals surface area contributed by atoms with Crippen molar-refractivity contribution in [2.75, 3.05) is 6.61 Å². The van der Waals surface area contributed by atoms with Crippen molar-refractivity contribution in [2.45, 2.75) is 26.7 Å². The first kappa shape index (κ1) is 9.77. The molecule has 1 rings (SSSR count). The zero-order valence-corrected chi connectivity index (χ0v) is 7.99. The number of carbonyl (C=O) groups is 1. The van der Waals surface area contributed by atoms with Crippen molar-refractivity contribution >= 4 is 6.09 Å². The third-order valence-corrected chi connectivity index (χ3v) is 1.66. The lowest BCUT2D eigenvalue weighted by Crippen LogP contribution is -2.15. The molecule has 0 aliphatic rings. The second-order valence-electron chi connectivity index (χ2n) is 2.66. The fourth-order valence-electron chi connectivity index (χ4n) is 1.10. The van der Waals surface area contributed by atoms with Gasteiger partial charge in [0.25, 0.3) is 0 Å². The summed E-state index contributed by atoms with van der Waals surface area (Å²) >= 11 is 0. The average molecular weight is 182 g/mol. The first-order valence-electron chi connectivity index (χ1n) is 4.49. The van der Waals surface area contributed by atoms with E-state index in [1.807, 2.05) is 6.92 Å². The number of aryl methyl sites for hydroxylation is 1. The fraction of sp³-hybridized carbons (Fsp3) is 0.556. The smallest absolute Gasteiger partial charge is 0.419 e. The molecule has 1 aromatic rings. The molecular weight excluding hydrogens is 168 g/mol. The highest BCUT2D eigenvalue weighted by Crippen LogP contribution is 2.02. The molecule has 0 spiro atoms. The molecule has 1 aromatic heterocycles. The molecule has 0 radical (unpaired) electrons. The van der Waals surface area contributed by atoms with E-state index in [4.69, 9.17) is 4.74 Å². The van der Waals surface area contributed by atoms with Crippen molar-refractivity contribution in [3.63, 3.8) is 0 Å². The Morgan fingerprint density at radius 2 is 2.38 bits per heavy atom. The van der Waals surface area contributed by atoms with Crippen molar-refractivity contribution in [2.24, 2.45) is 0 Å². The summed E-state index contributed by atoms with van der Waals surface area (Å²) in [5.41, 5.74) is 0. The first-order chi connectivity index (χ1) is 6.29. The van der Waals surface area contributed by atoms with Crippen LogP contribution in [0.15, 0.2) is 12.4 Å². The summed E-state index contributed by atoms with van der Waals surface area (Å²) in [6.07, 6.45) is 4.66. The molecule has 4 heteroatoms. The molecule has 4 nitrogen and oxygen atoms in total. The van der Waals surface area contributed by atoms with Crippen LogP contribution in [-0.2, 0) is 11.2 Å². The monoisotopic (exact) mass is 182 g/mol. The molecule has 1 heterocycles. The third kappa shape index (κ3) is 2.31. The standard InChI is InChI=1S/C9H14N2O2/c1-3-5-8-10-6-7-11(8)9(12)13-4-2/h6-7H,3-5H2,1-2H3. The van der Waals surface area contributed by atoms with Crippen LogP contribution in [0.4, 0.5) is 4.79 Å². The number of nitrogens with zero attached hydrogens (tertiary/aromatic N) is 2. The van der Waals surface area contributed by atoms with Gasteiger partial charge in [-0.05, 0) is 13.3 Å². The van der Waals surface area contributed by atoms with E-state index in [0.29, 0.717) is 6.61 Å². The molecule has 0 aliphatic carbocycles. The van der Waals surface area contributed by atoms with Crippen LogP contribution in [0.2, 0.25) is 0 Å². The van der Waals surface area contributed by atoms with E-state index in [9.17, 15) is 4.79 Å². The summed E-state index contributed by atoms with van der Waals surface area (Å²) in [5, 5.41) is 0. The van der Waals surface area contributed by atoms with Crippen LogP contribution >= 0.6 is 0 Å². The Balaban J connectivity index is 2.74. The van der Waals surface area contributed by atoms with E-state index in [0.717, 1.165) is 18.7 Å². The van der Waals surface area contributed by atoms with Gasteiger partial charge in [0.05, 0.1) is 6.61 Å². The maximum absolute atomic E-state index is 11.3. The van der Waals surface area contributed by atoms with Crippen LogP contribution in [0, 0.1) is 0 Å². The molecule has 0 aliphatic heterocycles. The second-order valence-corrected chi connectivity index (χ2v) is 2.66. The summed E-state index contributed by atoms with van der Waals surface area (Å²) in [6.45, 7) is 4.22. The number of hydrogen-bond donors (Lipinski definition) is 0. The Morgan fingerprint density at radius 1 is 1.62 bits per heavy atom. The highest BCUT2D eigenvalue weighted by molar-refractivity contribution is 5.70. The predicted molar refractivity (Wildman–Crippen MR) is 48.6 cm³/mol. The lowest BCUT2D eigenvalue weighted by atomic mass is 10.3. The minimum absolute atomic E-state index is 0.344. The number of ether oxygens (including phenoxy) is 1. The van der Waals surface area contributed by atoms with Gasteiger partial charge in [0.2, 0.25) is 0 Å². The van der Waals surface area contributed by atoms with E-state index < -0.39 is 0 Å². The van der Waals surface area contributed by atoms with Crippen LogP contribution in [0.5, 0.6) is 0 Å². The minimum Gasteiger partial charge on any atom is -0.449 e. The highest BCUT2D eigenvalue weighted by atomic mass is 16.5. The molecule has 72 valence electrons. The van der Waals surface area contributed by atoms with Crippen LogP contribution in [-0.4, -0.2) is 22.3 Å². The van der Waals surface area contributed by atoms with Crippen molar-refractivity contribution < 1.29 is 9.53 Å². The van der Waals surface area contributed by atoms with E-state index in [-0.39, 0.29) is 6.09 Å². The zero-order valence-electron chi connectivity index (χ0n) is 7.99. The van der Waals surface area contributed by atoms with Crippen molar-refractivity contribution in [3.8, 4) is 0 Å². The van der Waals surface area contributed by atoms with Gasteiger partial charge in [0, 0.05) is 18.8 Å². The van der Waals surface area contributed by atoms with Crippen LogP contribution in [0.25, 0.3) is 0 Å². The first-order valence-corrected chi connectivity index (χ1v) is 4.49. The largest absolute Gasteiger partial charge is 0.449 e. The van der Waals surface area contributed by atoms with Gasteiger partial charge in [0.15, 0.2) is 0 Å². The molecule has 13 heavy (non-hydrogen) atoms. The van der Waals surface area contributed by atoms with E-state index in [1.165, 1.54) is 4.57 Å². The maximum Gasteiger partial charge on any atom is 0.419 e. The number of carbonyl (C=O) groups excluding carboxylic acids is 1. The fourth-order valence-corrected chi connectivity index (χ4v) is 1.10. The molecule has 0 saturated heterocycles. The van der Waals surface area contributed by atoms with Gasteiger partial charge in [-0.3, -0.25) is 0 Å². The molecule has 0 unspecified atom stereocenters. The van der Waals surface area contributed by atoms with E-state index in [2.05, 4.69) is 4.98 Å². The molecule has 0 bridgehead atoms. The Morgan fingerprint density at radius 3 is 3.00 bits per heavy atom. The summed E-state index contributed by atoms with van der Waals surface area (Å²) in [7, 11) is 0. The normalized spacial score (nSPS) is 10.0. The molecule has 0 atom stereocenters. The maximum atomic E-state index is 11.3. The Labute approximate surface area is 77.5 Å². The Hall–Kier alpha value is -1.32. The quantitative estimate of drug-likeness (QED) is 0.716. The van der Waals surface area contributed by atoms with Crippen molar-refractivity contribution in [3.05, 3.63) is 18.2 Å². The number of imidazole rings is 1. The van der Waals surface area contributed by atoms with Gasteiger partial charge in [-0.2, -0.15) is 0 Å². The van der Waals surface area contributed by atoms with Gasteiger partial charge in [0.1, 0.15) is 5.82 Å². The Kier molecular flexibility index (Phi) is 3.49. The summed E-state index contributed by atoms with van der Waals surface area (Å²) in [4.78, 5) is 15.4. The number of aromatic nitrogens is 2. The van der Waals surface area contributed by atoms with Gasteiger partial charge in [-0.1, -0.05) is 6.92 Å². The highest BCUT2D eigenvalue weighted by Gasteiger charge is 2.09. The van der Waals surface area contributed by atoms with Crippen molar-refractivity contribution in [1.82, 2.24) is 9.55 Å². The summed E-state index contributed by atoms with van der Waals surface area (Å²) in [5.74, 6) is 0.765. The van der Waals surface area contributed by atoms with E-state index in [1.54, 1.807) is 19.3 Å². The minimum atomic E-state index is -0.344. The lowest BCUT2D eigenvalue weighted by molar-refractivity contribution is 0.153. The lowest BCUT2D eigenvalue weighted by Gasteiger charge is -2.04. The molecule has 0 amide bonds. The van der Waals surface area contributed by atoms with Crippen molar-refractivity contribution in [1.29, 1.82) is 0 Å². The van der Waals surface area contributed by atoms with Crippen LogP contribution in [0.3, 0.4) is 0 Å². The second kappa shape index (κ2) is 4.64. The van der Waals surface area contributed by atoms with E-state index >= 15 is 0 Å². The van der Waals surface area contributed by atoms with Gasteiger partial charge < -0.3 is 4.74 Å². The average Bonchev–Trinajstić information content (AvgIpc) is 2.54.